The minimum Gasteiger partial charge on any atom is -0.428 e. The number of nitrogens with one attached hydrogen (secondary N) is 1. The number of nitrogens with zero attached hydrogens (tertiary/aromatic N) is 2. The Morgan fingerprint density at radius 3 is 2.88 bits per heavy atom. The first-order valence-corrected chi connectivity index (χ1v) is 6.36. The van der Waals surface area contributed by atoms with Crippen LogP contribution in [0.2, 0.25) is 10.0 Å². The summed E-state index contributed by atoms with van der Waals surface area (Å²) < 4.78 is 5.52. The van der Waals surface area contributed by atoms with E-state index in [4.69, 9.17) is 27.9 Å². The average molecular weight is 290 g/mol. The lowest BCUT2D eigenvalue weighted by molar-refractivity contribution is 0.473. The SMILES string of the molecule is CNCc1nnc(Oc2ccc(Cl)cc2Cl)s1. The minimum atomic E-state index is 0.447. The fourth-order valence-corrected chi connectivity index (χ4v) is 2.31. The first-order chi connectivity index (χ1) is 8.19. The summed E-state index contributed by atoms with van der Waals surface area (Å²) in [5, 5.41) is 13.2. The van der Waals surface area contributed by atoms with Crippen molar-refractivity contribution in [2.75, 3.05) is 7.05 Å². The number of halogens is 2. The van der Waals surface area contributed by atoms with Gasteiger partial charge in [0.15, 0.2) is 0 Å². The number of rotatable bonds is 4. The Morgan fingerprint density at radius 2 is 2.18 bits per heavy atom. The summed E-state index contributed by atoms with van der Waals surface area (Å²) in [5.74, 6) is 0.517. The van der Waals surface area contributed by atoms with E-state index in [0.29, 0.717) is 27.5 Å². The van der Waals surface area contributed by atoms with Gasteiger partial charge in [-0.2, -0.15) is 0 Å². The number of benzene rings is 1. The number of hydrogen-bond donors (Lipinski definition) is 1. The molecule has 1 aromatic heterocycles. The number of aromatic nitrogens is 2. The van der Waals surface area contributed by atoms with Gasteiger partial charge in [0.25, 0.3) is 5.19 Å². The maximum absolute atomic E-state index is 5.98. The Labute approximate surface area is 113 Å². The van der Waals surface area contributed by atoms with Crippen molar-refractivity contribution in [3.8, 4) is 10.9 Å². The van der Waals surface area contributed by atoms with Crippen LogP contribution in [0.1, 0.15) is 5.01 Å². The molecule has 2 aromatic rings. The highest BCUT2D eigenvalue weighted by atomic mass is 35.5. The summed E-state index contributed by atoms with van der Waals surface area (Å²) in [6, 6.07) is 5.02. The van der Waals surface area contributed by atoms with Crippen molar-refractivity contribution in [1.29, 1.82) is 0 Å². The van der Waals surface area contributed by atoms with Crippen LogP contribution in [0.4, 0.5) is 0 Å². The molecule has 0 aliphatic heterocycles. The summed E-state index contributed by atoms with van der Waals surface area (Å²) in [6.07, 6.45) is 0. The van der Waals surface area contributed by atoms with Crippen molar-refractivity contribution < 1.29 is 4.74 Å². The van der Waals surface area contributed by atoms with E-state index >= 15 is 0 Å². The normalized spacial score (nSPS) is 10.5. The molecule has 0 spiro atoms. The largest absolute Gasteiger partial charge is 0.428 e. The maximum atomic E-state index is 5.98. The molecule has 0 aliphatic carbocycles. The van der Waals surface area contributed by atoms with Crippen LogP contribution in [0, 0.1) is 0 Å². The fourth-order valence-electron chi connectivity index (χ4n) is 1.15. The summed E-state index contributed by atoms with van der Waals surface area (Å²) in [7, 11) is 1.85. The molecule has 0 radical (unpaired) electrons. The van der Waals surface area contributed by atoms with Gasteiger partial charge in [-0.1, -0.05) is 39.6 Å². The van der Waals surface area contributed by atoms with E-state index in [2.05, 4.69) is 15.5 Å². The quantitative estimate of drug-likeness (QED) is 0.938. The molecule has 0 bridgehead atoms. The molecule has 0 amide bonds. The fraction of sp³-hybridized carbons (Fsp3) is 0.200. The topological polar surface area (TPSA) is 47.0 Å². The van der Waals surface area contributed by atoms with Gasteiger partial charge in [-0.3, -0.25) is 0 Å². The first kappa shape index (κ1) is 12.6. The molecular weight excluding hydrogens is 281 g/mol. The highest BCUT2D eigenvalue weighted by molar-refractivity contribution is 7.13. The van der Waals surface area contributed by atoms with Crippen molar-refractivity contribution in [3.63, 3.8) is 0 Å². The van der Waals surface area contributed by atoms with Gasteiger partial charge in [0, 0.05) is 11.6 Å². The van der Waals surface area contributed by atoms with Gasteiger partial charge in [-0.15, -0.1) is 5.10 Å². The Hall–Kier alpha value is -0.880. The first-order valence-electron chi connectivity index (χ1n) is 4.79. The third kappa shape index (κ3) is 3.29. The van der Waals surface area contributed by atoms with E-state index < -0.39 is 0 Å². The molecule has 1 aromatic carbocycles. The lowest BCUT2D eigenvalue weighted by atomic mass is 10.3. The van der Waals surface area contributed by atoms with Crippen molar-refractivity contribution in [2.24, 2.45) is 0 Å². The van der Waals surface area contributed by atoms with Crippen LogP contribution in [0.15, 0.2) is 18.2 Å². The zero-order chi connectivity index (χ0) is 12.3. The molecule has 1 N–H and O–H groups in total. The van der Waals surface area contributed by atoms with Gasteiger partial charge < -0.3 is 10.1 Å². The Balaban J connectivity index is 2.13. The minimum absolute atomic E-state index is 0.447. The molecule has 0 atom stereocenters. The van der Waals surface area contributed by atoms with Crippen LogP contribution in [0.3, 0.4) is 0 Å². The average Bonchev–Trinajstić information content (AvgIpc) is 2.71. The van der Waals surface area contributed by atoms with Gasteiger partial charge in [0.1, 0.15) is 10.8 Å². The van der Waals surface area contributed by atoms with Crippen molar-refractivity contribution in [2.45, 2.75) is 6.54 Å². The predicted octanol–water partition coefficient (Wildman–Crippen LogP) is 3.36. The summed E-state index contributed by atoms with van der Waals surface area (Å²) in [5.41, 5.74) is 0. The van der Waals surface area contributed by atoms with Crippen molar-refractivity contribution in [3.05, 3.63) is 33.3 Å². The monoisotopic (exact) mass is 289 g/mol. The second kappa shape index (κ2) is 5.64. The zero-order valence-corrected chi connectivity index (χ0v) is 11.2. The highest BCUT2D eigenvalue weighted by Crippen LogP contribution is 2.32. The Kier molecular flexibility index (Phi) is 4.17. The van der Waals surface area contributed by atoms with Crippen LogP contribution in [-0.4, -0.2) is 17.2 Å². The highest BCUT2D eigenvalue weighted by Gasteiger charge is 2.08. The summed E-state index contributed by atoms with van der Waals surface area (Å²) in [4.78, 5) is 0. The molecule has 0 saturated heterocycles. The van der Waals surface area contributed by atoms with E-state index in [1.807, 2.05) is 7.05 Å². The van der Waals surface area contributed by atoms with Crippen LogP contribution in [-0.2, 0) is 6.54 Å². The Bertz CT molecular complexity index is 518. The molecule has 17 heavy (non-hydrogen) atoms. The molecule has 0 fully saturated rings. The van der Waals surface area contributed by atoms with E-state index in [1.54, 1.807) is 18.2 Å². The molecule has 0 unspecified atom stereocenters. The van der Waals surface area contributed by atoms with Crippen LogP contribution in [0.25, 0.3) is 0 Å². The molecule has 2 rings (SSSR count). The van der Waals surface area contributed by atoms with Crippen LogP contribution < -0.4 is 10.1 Å². The lowest BCUT2D eigenvalue weighted by Crippen LogP contribution is -2.04. The van der Waals surface area contributed by atoms with E-state index in [1.165, 1.54) is 11.3 Å². The molecule has 7 heteroatoms. The second-order valence-corrected chi connectivity index (χ2v) is 5.04. The zero-order valence-electron chi connectivity index (χ0n) is 8.91. The van der Waals surface area contributed by atoms with Gasteiger partial charge >= 0.3 is 0 Å². The number of hydrogen-bond acceptors (Lipinski definition) is 5. The summed E-state index contributed by atoms with van der Waals surface area (Å²) in [6.45, 7) is 0.662. The number of ether oxygens (including phenoxy) is 1. The molecule has 0 aliphatic rings. The van der Waals surface area contributed by atoms with Gasteiger partial charge in [0.05, 0.1) is 5.02 Å². The third-order valence-corrected chi connectivity index (χ3v) is 3.20. The molecule has 90 valence electrons. The molecular formula is C10H9Cl2N3OS. The predicted molar refractivity (Wildman–Crippen MR) is 69.2 cm³/mol. The van der Waals surface area contributed by atoms with E-state index in [-0.39, 0.29) is 0 Å². The van der Waals surface area contributed by atoms with Crippen LogP contribution in [0.5, 0.6) is 10.9 Å². The van der Waals surface area contributed by atoms with Gasteiger partial charge in [0.2, 0.25) is 0 Å². The van der Waals surface area contributed by atoms with Gasteiger partial charge in [-0.25, -0.2) is 0 Å². The molecule has 1 heterocycles. The van der Waals surface area contributed by atoms with E-state index in [0.717, 1.165) is 5.01 Å². The Morgan fingerprint density at radius 1 is 1.35 bits per heavy atom. The van der Waals surface area contributed by atoms with E-state index in [9.17, 15) is 0 Å². The summed E-state index contributed by atoms with van der Waals surface area (Å²) >= 11 is 13.1. The standard InChI is InChI=1S/C10H9Cl2N3OS/c1-13-5-9-14-15-10(17-9)16-8-3-2-6(11)4-7(8)12/h2-4,13H,5H2,1H3. The maximum Gasteiger partial charge on any atom is 0.299 e. The molecule has 0 saturated carbocycles. The van der Waals surface area contributed by atoms with Crippen molar-refractivity contribution >= 4 is 34.5 Å². The smallest absolute Gasteiger partial charge is 0.299 e. The molecule has 4 nitrogen and oxygen atoms in total. The lowest BCUT2D eigenvalue weighted by Gasteiger charge is -2.03. The van der Waals surface area contributed by atoms with Gasteiger partial charge in [-0.05, 0) is 25.2 Å². The van der Waals surface area contributed by atoms with Crippen molar-refractivity contribution in [1.82, 2.24) is 15.5 Å². The third-order valence-electron chi connectivity index (χ3n) is 1.87. The second-order valence-electron chi connectivity index (χ2n) is 3.17. The van der Waals surface area contributed by atoms with Crippen LogP contribution >= 0.6 is 34.5 Å².